The Hall–Kier alpha value is -3.15. The average molecular weight is 405 g/mol. The molecule has 1 amide bonds. The van der Waals surface area contributed by atoms with Crippen molar-refractivity contribution in [2.75, 3.05) is 18.4 Å². The van der Waals surface area contributed by atoms with Crippen LogP contribution in [0.1, 0.15) is 44.1 Å². The third-order valence-corrected chi connectivity index (χ3v) is 5.54. The van der Waals surface area contributed by atoms with Crippen LogP contribution in [0.25, 0.3) is 11.4 Å². The van der Waals surface area contributed by atoms with Crippen molar-refractivity contribution in [2.24, 2.45) is 0 Å². The number of hydrogen-bond acceptors (Lipinski definition) is 5. The van der Waals surface area contributed by atoms with Gasteiger partial charge in [0.05, 0.1) is 0 Å². The molecule has 30 heavy (non-hydrogen) atoms. The van der Waals surface area contributed by atoms with Gasteiger partial charge in [0.15, 0.2) is 0 Å². The zero-order valence-corrected chi connectivity index (χ0v) is 17.5. The largest absolute Gasteiger partial charge is 0.380 e. The standard InChI is InChI=1S/C24H28N4O2/c1-17(2)18-8-10-19(11-9-18)24-26-22(30-27-24)12-13-23(29)28-15-14-21(16-28)25-20-6-4-3-5-7-20/h3-11,17,21,25H,12-16H2,1-2H3. The molecule has 1 aliphatic rings. The molecule has 156 valence electrons. The van der Waals surface area contributed by atoms with Crippen LogP contribution in [-0.4, -0.2) is 40.1 Å². The minimum Gasteiger partial charge on any atom is -0.380 e. The number of benzene rings is 2. The van der Waals surface area contributed by atoms with Gasteiger partial charge in [-0.05, 0) is 30.0 Å². The van der Waals surface area contributed by atoms with E-state index in [1.54, 1.807) is 0 Å². The first-order chi connectivity index (χ1) is 14.6. The van der Waals surface area contributed by atoms with Gasteiger partial charge in [-0.2, -0.15) is 4.98 Å². The number of likely N-dealkylation sites (tertiary alicyclic amines) is 1. The molecular weight excluding hydrogens is 376 g/mol. The third kappa shape index (κ3) is 4.87. The molecular formula is C24H28N4O2. The average Bonchev–Trinajstić information content (AvgIpc) is 3.43. The van der Waals surface area contributed by atoms with Gasteiger partial charge >= 0.3 is 0 Å². The molecule has 1 aliphatic heterocycles. The lowest BCUT2D eigenvalue weighted by Gasteiger charge is -2.17. The minimum atomic E-state index is 0.133. The molecule has 1 saturated heterocycles. The van der Waals surface area contributed by atoms with Crippen molar-refractivity contribution < 1.29 is 9.32 Å². The second-order valence-electron chi connectivity index (χ2n) is 8.12. The van der Waals surface area contributed by atoms with Crippen LogP contribution in [0, 0.1) is 0 Å². The number of aryl methyl sites for hydroxylation is 1. The van der Waals surface area contributed by atoms with Crippen molar-refractivity contribution in [3.05, 3.63) is 66.1 Å². The lowest BCUT2D eigenvalue weighted by molar-refractivity contribution is -0.130. The van der Waals surface area contributed by atoms with Gasteiger partial charge in [0.25, 0.3) is 0 Å². The Balaban J connectivity index is 1.27. The highest BCUT2D eigenvalue weighted by atomic mass is 16.5. The molecule has 0 aliphatic carbocycles. The van der Waals surface area contributed by atoms with E-state index in [4.69, 9.17) is 4.52 Å². The molecule has 1 aromatic heterocycles. The molecule has 2 aromatic carbocycles. The van der Waals surface area contributed by atoms with Crippen LogP contribution in [0.4, 0.5) is 5.69 Å². The number of hydrogen-bond donors (Lipinski definition) is 1. The van der Waals surface area contributed by atoms with E-state index in [9.17, 15) is 4.79 Å². The number of carbonyl (C=O) groups is 1. The predicted octanol–water partition coefficient (Wildman–Crippen LogP) is 4.51. The van der Waals surface area contributed by atoms with Gasteiger partial charge in [-0.1, -0.05) is 61.5 Å². The molecule has 0 radical (unpaired) electrons. The summed E-state index contributed by atoms with van der Waals surface area (Å²) in [5, 5.41) is 7.57. The van der Waals surface area contributed by atoms with Gasteiger partial charge in [0.2, 0.25) is 17.6 Å². The molecule has 1 unspecified atom stereocenters. The van der Waals surface area contributed by atoms with Crippen LogP contribution >= 0.6 is 0 Å². The lowest BCUT2D eigenvalue weighted by atomic mass is 10.0. The molecule has 0 bridgehead atoms. The predicted molar refractivity (Wildman–Crippen MR) is 117 cm³/mol. The first-order valence-corrected chi connectivity index (χ1v) is 10.6. The summed E-state index contributed by atoms with van der Waals surface area (Å²) >= 11 is 0. The maximum atomic E-state index is 12.6. The second-order valence-corrected chi connectivity index (χ2v) is 8.12. The Morgan fingerprint density at radius 1 is 1.17 bits per heavy atom. The van der Waals surface area contributed by atoms with Crippen LogP contribution < -0.4 is 5.32 Å². The number of amides is 1. The molecule has 3 aromatic rings. The van der Waals surface area contributed by atoms with E-state index in [-0.39, 0.29) is 5.91 Å². The number of para-hydroxylation sites is 1. The fraction of sp³-hybridized carbons (Fsp3) is 0.375. The normalized spacial score (nSPS) is 16.2. The van der Waals surface area contributed by atoms with Crippen molar-refractivity contribution >= 4 is 11.6 Å². The molecule has 4 rings (SSSR count). The molecule has 1 fully saturated rings. The summed E-state index contributed by atoms with van der Waals surface area (Å²) in [6.45, 7) is 5.84. The Morgan fingerprint density at radius 3 is 2.67 bits per heavy atom. The van der Waals surface area contributed by atoms with E-state index in [0.717, 1.165) is 30.8 Å². The number of rotatable bonds is 7. The van der Waals surface area contributed by atoms with Crippen LogP contribution in [-0.2, 0) is 11.2 Å². The first kappa shape index (κ1) is 20.1. The van der Waals surface area contributed by atoms with Crippen LogP contribution in [0.3, 0.4) is 0 Å². The number of anilines is 1. The maximum absolute atomic E-state index is 12.6. The van der Waals surface area contributed by atoms with Crippen molar-refractivity contribution in [3.8, 4) is 11.4 Å². The van der Waals surface area contributed by atoms with Gasteiger partial charge in [0.1, 0.15) is 0 Å². The molecule has 1 N–H and O–H groups in total. The van der Waals surface area contributed by atoms with Crippen LogP contribution in [0.2, 0.25) is 0 Å². The highest BCUT2D eigenvalue weighted by molar-refractivity contribution is 5.76. The maximum Gasteiger partial charge on any atom is 0.227 e. The second kappa shape index (κ2) is 9.11. The zero-order valence-electron chi connectivity index (χ0n) is 17.5. The van der Waals surface area contributed by atoms with Crippen molar-refractivity contribution in [3.63, 3.8) is 0 Å². The summed E-state index contributed by atoms with van der Waals surface area (Å²) in [7, 11) is 0. The monoisotopic (exact) mass is 404 g/mol. The van der Waals surface area contributed by atoms with Crippen molar-refractivity contribution in [1.29, 1.82) is 0 Å². The van der Waals surface area contributed by atoms with E-state index in [1.807, 2.05) is 47.4 Å². The quantitative estimate of drug-likeness (QED) is 0.627. The molecule has 6 heteroatoms. The SMILES string of the molecule is CC(C)c1ccc(-c2noc(CCC(=O)N3CCC(Nc4ccccc4)C3)n2)cc1. The van der Waals surface area contributed by atoms with Crippen molar-refractivity contribution in [1.82, 2.24) is 15.0 Å². The Labute approximate surface area is 177 Å². The van der Waals surface area contributed by atoms with Gasteiger partial charge in [0, 0.05) is 43.2 Å². The number of carbonyl (C=O) groups excluding carboxylic acids is 1. The Bertz CT molecular complexity index is 966. The Kier molecular flexibility index (Phi) is 6.12. The van der Waals surface area contributed by atoms with Gasteiger partial charge in [-0.25, -0.2) is 0 Å². The highest BCUT2D eigenvalue weighted by Gasteiger charge is 2.26. The van der Waals surface area contributed by atoms with Gasteiger partial charge in [-0.15, -0.1) is 0 Å². The van der Waals surface area contributed by atoms with Crippen molar-refractivity contribution in [2.45, 2.75) is 45.1 Å². The summed E-state index contributed by atoms with van der Waals surface area (Å²) in [6.07, 6.45) is 1.80. The van der Waals surface area contributed by atoms with E-state index < -0.39 is 0 Å². The molecule has 6 nitrogen and oxygen atoms in total. The van der Waals surface area contributed by atoms with E-state index in [2.05, 4.69) is 41.4 Å². The molecule has 1 atom stereocenters. The van der Waals surface area contributed by atoms with Crippen LogP contribution in [0.5, 0.6) is 0 Å². The number of aromatic nitrogens is 2. The first-order valence-electron chi connectivity index (χ1n) is 10.6. The van der Waals surface area contributed by atoms with Crippen LogP contribution in [0.15, 0.2) is 59.1 Å². The minimum absolute atomic E-state index is 0.133. The summed E-state index contributed by atoms with van der Waals surface area (Å²) in [4.78, 5) is 19.0. The van der Waals surface area contributed by atoms with E-state index in [0.29, 0.717) is 36.5 Å². The summed E-state index contributed by atoms with van der Waals surface area (Å²) < 4.78 is 5.37. The molecule has 0 saturated carbocycles. The van der Waals surface area contributed by atoms with E-state index in [1.165, 1.54) is 5.56 Å². The topological polar surface area (TPSA) is 71.3 Å². The summed E-state index contributed by atoms with van der Waals surface area (Å²) in [6, 6.07) is 18.6. The summed E-state index contributed by atoms with van der Waals surface area (Å²) in [5.41, 5.74) is 3.30. The number of nitrogens with one attached hydrogen (secondary N) is 1. The highest BCUT2D eigenvalue weighted by Crippen LogP contribution is 2.21. The fourth-order valence-corrected chi connectivity index (χ4v) is 3.74. The smallest absolute Gasteiger partial charge is 0.227 e. The van der Waals surface area contributed by atoms with Gasteiger partial charge in [-0.3, -0.25) is 4.79 Å². The summed E-state index contributed by atoms with van der Waals surface area (Å²) in [5.74, 6) is 1.69. The van der Waals surface area contributed by atoms with Gasteiger partial charge < -0.3 is 14.7 Å². The Morgan fingerprint density at radius 2 is 1.93 bits per heavy atom. The molecule has 0 spiro atoms. The molecule has 2 heterocycles. The number of nitrogens with zero attached hydrogens (tertiary/aromatic N) is 3. The third-order valence-electron chi connectivity index (χ3n) is 5.54. The zero-order chi connectivity index (χ0) is 20.9. The lowest BCUT2D eigenvalue weighted by Crippen LogP contribution is -2.31. The fourth-order valence-electron chi connectivity index (χ4n) is 3.74. The van der Waals surface area contributed by atoms with E-state index >= 15 is 0 Å².